The van der Waals surface area contributed by atoms with Gasteiger partial charge in [0.05, 0.1) is 11.3 Å². The SMILES string of the molecule is CNc1c(F)cccc1C(=O)N1CCc2ccccc2C1. The Labute approximate surface area is 123 Å². The topological polar surface area (TPSA) is 32.3 Å². The quantitative estimate of drug-likeness (QED) is 0.919. The second-order valence-corrected chi connectivity index (χ2v) is 5.16. The number of para-hydroxylation sites is 1. The summed E-state index contributed by atoms with van der Waals surface area (Å²) in [5, 5.41) is 2.78. The minimum absolute atomic E-state index is 0.131. The van der Waals surface area contributed by atoms with Crippen molar-refractivity contribution in [3.8, 4) is 0 Å². The second-order valence-electron chi connectivity index (χ2n) is 5.16. The van der Waals surface area contributed by atoms with Crippen LogP contribution in [0.15, 0.2) is 42.5 Å². The molecule has 0 aliphatic carbocycles. The smallest absolute Gasteiger partial charge is 0.256 e. The normalized spacial score (nSPS) is 13.7. The van der Waals surface area contributed by atoms with E-state index in [0.717, 1.165) is 6.42 Å². The van der Waals surface area contributed by atoms with Crippen molar-refractivity contribution in [2.45, 2.75) is 13.0 Å². The molecule has 4 heteroatoms. The van der Waals surface area contributed by atoms with Crippen LogP contribution in [-0.4, -0.2) is 24.4 Å². The molecule has 3 rings (SSSR count). The maximum atomic E-state index is 13.8. The predicted octanol–water partition coefficient (Wildman–Crippen LogP) is 3.07. The molecule has 1 aliphatic rings. The van der Waals surface area contributed by atoms with Crippen LogP contribution in [0.5, 0.6) is 0 Å². The lowest BCUT2D eigenvalue weighted by molar-refractivity contribution is 0.0735. The fourth-order valence-electron chi connectivity index (χ4n) is 2.80. The van der Waals surface area contributed by atoms with Gasteiger partial charge in [0.15, 0.2) is 0 Å². The Morgan fingerprint density at radius 3 is 2.67 bits per heavy atom. The van der Waals surface area contributed by atoms with E-state index in [2.05, 4.69) is 11.4 Å². The van der Waals surface area contributed by atoms with Crippen LogP contribution < -0.4 is 5.32 Å². The monoisotopic (exact) mass is 284 g/mol. The number of anilines is 1. The summed E-state index contributed by atoms with van der Waals surface area (Å²) in [6.07, 6.45) is 0.839. The summed E-state index contributed by atoms with van der Waals surface area (Å²) in [6, 6.07) is 12.7. The predicted molar refractivity (Wildman–Crippen MR) is 80.8 cm³/mol. The zero-order chi connectivity index (χ0) is 14.8. The number of nitrogens with one attached hydrogen (secondary N) is 1. The Bertz CT molecular complexity index is 684. The minimum atomic E-state index is -0.402. The van der Waals surface area contributed by atoms with E-state index in [1.54, 1.807) is 24.1 Å². The van der Waals surface area contributed by atoms with Gasteiger partial charge in [-0.2, -0.15) is 0 Å². The van der Waals surface area contributed by atoms with Crippen LogP contribution in [-0.2, 0) is 13.0 Å². The molecule has 0 bridgehead atoms. The van der Waals surface area contributed by atoms with Crippen LogP contribution in [0.3, 0.4) is 0 Å². The highest BCUT2D eigenvalue weighted by atomic mass is 19.1. The fourth-order valence-corrected chi connectivity index (χ4v) is 2.80. The molecule has 1 N–H and O–H groups in total. The third kappa shape index (κ3) is 2.49. The molecule has 0 saturated heterocycles. The summed E-state index contributed by atoms with van der Waals surface area (Å²) in [5.41, 5.74) is 3.10. The lowest BCUT2D eigenvalue weighted by Gasteiger charge is -2.29. The van der Waals surface area contributed by atoms with Crippen molar-refractivity contribution in [3.63, 3.8) is 0 Å². The van der Waals surface area contributed by atoms with Gasteiger partial charge in [0.25, 0.3) is 5.91 Å². The molecule has 3 nitrogen and oxygen atoms in total. The number of carbonyl (C=O) groups excluding carboxylic acids is 1. The zero-order valence-electron chi connectivity index (χ0n) is 11.9. The van der Waals surface area contributed by atoms with Gasteiger partial charge in [-0.3, -0.25) is 4.79 Å². The molecule has 21 heavy (non-hydrogen) atoms. The van der Waals surface area contributed by atoms with Gasteiger partial charge in [0.1, 0.15) is 5.82 Å². The highest BCUT2D eigenvalue weighted by Crippen LogP contribution is 2.24. The molecule has 0 unspecified atom stereocenters. The first-order valence-electron chi connectivity index (χ1n) is 7.03. The summed E-state index contributed by atoms with van der Waals surface area (Å²) >= 11 is 0. The standard InChI is InChI=1S/C17H17FN2O/c1-19-16-14(7-4-8-15(16)18)17(21)20-10-9-12-5-2-3-6-13(12)11-20/h2-8,19H,9-11H2,1H3. The Morgan fingerprint density at radius 1 is 1.14 bits per heavy atom. The van der Waals surface area contributed by atoms with Gasteiger partial charge < -0.3 is 10.2 Å². The first-order valence-corrected chi connectivity index (χ1v) is 7.03. The molecule has 0 radical (unpaired) electrons. The van der Waals surface area contributed by atoms with Crippen molar-refractivity contribution in [1.82, 2.24) is 4.90 Å². The molecule has 2 aromatic carbocycles. The van der Waals surface area contributed by atoms with Gasteiger partial charge in [-0.15, -0.1) is 0 Å². The largest absolute Gasteiger partial charge is 0.385 e. The number of fused-ring (bicyclic) bond motifs is 1. The van der Waals surface area contributed by atoms with Crippen molar-refractivity contribution in [2.24, 2.45) is 0 Å². The van der Waals surface area contributed by atoms with Crippen molar-refractivity contribution >= 4 is 11.6 Å². The molecule has 0 saturated carbocycles. The molecule has 1 heterocycles. The number of benzene rings is 2. The summed E-state index contributed by atoms with van der Waals surface area (Å²) in [6.45, 7) is 1.24. The van der Waals surface area contributed by atoms with Crippen molar-refractivity contribution in [1.29, 1.82) is 0 Å². The number of halogens is 1. The molecule has 0 spiro atoms. The average molecular weight is 284 g/mol. The van der Waals surface area contributed by atoms with Crippen molar-refractivity contribution in [2.75, 3.05) is 18.9 Å². The Kier molecular flexibility index (Phi) is 3.60. The van der Waals surface area contributed by atoms with Crippen LogP contribution in [0.2, 0.25) is 0 Å². The fraction of sp³-hybridized carbons (Fsp3) is 0.235. The molecule has 0 atom stereocenters. The highest BCUT2D eigenvalue weighted by Gasteiger charge is 2.24. The van der Waals surface area contributed by atoms with Gasteiger partial charge in [-0.25, -0.2) is 4.39 Å². The van der Waals surface area contributed by atoms with E-state index < -0.39 is 5.82 Å². The van der Waals surface area contributed by atoms with Crippen LogP contribution in [0.4, 0.5) is 10.1 Å². The molecule has 1 aliphatic heterocycles. The first-order chi connectivity index (χ1) is 10.2. The molecule has 2 aromatic rings. The Hall–Kier alpha value is -2.36. The van der Waals surface area contributed by atoms with Crippen LogP contribution in [0.25, 0.3) is 0 Å². The average Bonchev–Trinajstić information content (AvgIpc) is 2.53. The van der Waals surface area contributed by atoms with E-state index in [1.165, 1.54) is 17.2 Å². The molecular weight excluding hydrogens is 267 g/mol. The van der Waals surface area contributed by atoms with Crippen LogP contribution in [0.1, 0.15) is 21.5 Å². The van der Waals surface area contributed by atoms with Crippen LogP contribution >= 0.6 is 0 Å². The summed E-state index contributed by atoms with van der Waals surface area (Å²) in [4.78, 5) is 14.4. The third-order valence-electron chi connectivity index (χ3n) is 3.91. The highest BCUT2D eigenvalue weighted by molar-refractivity contribution is 5.99. The van der Waals surface area contributed by atoms with Crippen molar-refractivity contribution < 1.29 is 9.18 Å². The lowest BCUT2D eigenvalue weighted by atomic mass is 9.99. The molecule has 0 fully saturated rings. The lowest BCUT2D eigenvalue weighted by Crippen LogP contribution is -2.36. The number of rotatable bonds is 2. The maximum Gasteiger partial charge on any atom is 0.256 e. The number of nitrogens with zero attached hydrogens (tertiary/aromatic N) is 1. The van der Waals surface area contributed by atoms with Gasteiger partial charge in [-0.05, 0) is 29.7 Å². The molecule has 1 amide bonds. The molecule has 0 aromatic heterocycles. The van der Waals surface area contributed by atoms with E-state index in [-0.39, 0.29) is 11.6 Å². The maximum absolute atomic E-state index is 13.8. The minimum Gasteiger partial charge on any atom is -0.385 e. The van der Waals surface area contributed by atoms with E-state index in [0.29, 0.717) is 18.7 Å². The van der Waals surface area contributed by atoms with Gasteiger partial charge in [0, 0.05) is 20.1 Å². The zero-order valence-corrected chi connectivity index (χ0v) is 11.9. The molecule has 108 valence electrons. The second kappa shape index (κ2) is 5.56. The van der Waals surface area contributed by atoms with Gasteiger partial charge >= 0.3 is 0 Å². The third-order valence-corrected chi connectivity index (χ3v) is 3.91. The van der Waals surface area contributed by atoms with Crippen molar-refractivity contribution in [3.05, 3.63) is 65.0 Å². The van der Waals surface area contributed by atoms with Gasteiger partial charge in [0.2, 0.25) is 0 Å². The summed E-state index contributed by atoms with van der Waals surface area (Å²) < 4.78 is 13.8. The van der Waals surface area contributed by atoms with Crippen LogP contribution in [0, 0.1) is 5.82 Å². The number of carbonyl (C=O) groups is 1. The summed E-state index contributed by atoms with van der Waals surface area (Å²) in [7, 11) is 1.63. The number of amides is 1. The summed E-state index contributed by atoms with van der Waals surface area (Å²) in [5.74, 6) is -0.533. The van der Waals surface area contributed by atoms with E-state index >= 15 is 0 Å². The first kappa shape index (κ1) is 13.6. The van der Waals surface area contributed by atoms with E-state index in [4.69, 9.17) is 0 Å². The molecular formula is C17H17FN2O. The number of hydrogen-bond acceptors (Lipinski definition) is 2. The van der Waals surface area contributed by atoms with E-state index in [1.807, 2.05) is 18.2 Å². The number of hydrogen-bond donors (Lipinski definition) is 1. The Morgan fingerprint density at radius 2 is 1.90 bits per heavy atom. The van der Waals surface area contributed by atoms with Gasteiger partial charge in [-0.1, -0.05) is 30.3 Å². The van der Waals surface area contributed by atoms with E-state index in [9.17, 15) is 9.18 Å². The Balaban J connectivity index is 1.89.